The molecule has 0 saturated heterocycles. The number of anilines is 1. The van der Waals surface area contributed by atoms with Gasteiger partial charge in [-0.2, -0.15) is 0 Å². The van der Waals surface area contributed by atoms with Gasteiger partial charge in [-0.15, -0.1) is 0 Å². The van der Waals surface area contributed by atoms with Crippen LogP contribution in [0, 0.1) is 18.3 Å². The zero-order valence-electron chi connectivity index (χ0n) is 12.0. The summed E-state index contributed by atoms with van der Waals surface area (Å²) in [4.78, 5) is 24.1. The zero-order valence-corrected chi connectivity index (χ0v) is 12.8. The first kappa shape index (κ1) is 15.7. The SMILES string of the molecule is Cc1ccc(Cl)c(NC(=O)C(C)C(=O)C(C)(C)C)c1. The van der Waals surface area contributed by atoms with Crippen LogP contribution in [0.4, 0.5) is 5.69 Å². The molecule has 1 atom stereocenters. The second-order valence-electron chi connectivity index (χ2n) is 5.81. The Bertz CT molecular complexity index is 503. The molecule has 0 bridgehead atoms. The summed E-state index contributed by atoms with van der Waals surface area (Å²) in [5.41, 5.74) is 1.00. The summed E-state index contributed by atoms with van der Waals surface area (Å²) < 4.78 is 0. The van der Waals surface area contributed by atoms with E-state index in [1.54, 1.807) is 39.8 Å². The van der Waals surface area contributed by atoms with Gasteiger partial charge in [0.15, 0.2) is 0 Å². The summed E-state index contributed by atoms with van der Waals surface area (Å²) in [5.74, 6) is -1.11. The van der Waals surface area contributed by atoms with Crippen LogP contribution < -0.4 is 5.32 Å². The summed E-state index contributed by atoms with van der Waals surface area (Å²) >= 11 is 6.01. The van der Waals surface area contributed by atoms with E-state index < -0.39 is 11.3 Å². The van der Waals surface area contributed by atoms with Crippen molar-refractivity contribution in [3.8, 4) is 0 Å². The lowest BCUT2D eigenvalue weighted by molar-refractivity contribution is -0.135. The first-order valence-corrected chi connectivity index (χ1v) is 6.62. The van der Waals surface area contributed by atoms with Gasteiger partial charge in [0.05, 0.1) is 16.6 Å². The van der Waals surface area contributed by atoms with E-state index in [9.17, 15) is 9.59 Å². The van der Waals surface area contributed by atoms with E-state index in [1.165, 1.54) is 0 Å². The molecule has 0 aliphatic heterocycles. The molecule has 0 aromatic heterocycles. The van der Waals surface area contributed by atoms with Crippen LogP contribution in [0.2, 0.25) is 5.02 Å². The fourth-order valence-electron chi connectivity index (χ4n) is 1.74. The van der Waals surface area contributed by atoms with Gasteiger partial charge in [0.1, 0.15) is 5.78 Å². The minimum Gasteiger partial charge on any atom is -0.324 e. The molecule has 1 rings (SSSR count). The number of halogens is 1. The van der Waals surface area contributed by atoms with Crippen molar-refractivity contribution in [2.45, 2.75) is 34.6 Å². The van der Waals surface area contributed by atoms with Gasteiger partial charge in [0, 0.05) is 5.41 Å². The molecular formula is C15H20ClNO2. The monoisotopic (exact) mass is 281 g/mol. The van der Waals surface area contributed by atoms with Gasteiger partial charge < -0.3 is 5.32 Å². The average molecular weight is 282 g/mol. The van der Waals surface area contributed by atoms with Gasteiger partial charge in [-0.05, 0) is 31.5 Å². The van der Waals surface area contributed by atoms with Crippen LogP contribution in [-0.4, -0.2) is 11.7 Å². The highest BCUT2D eigenvalue weighted by molar-refractivity contribution is 6.33. The maximum absolute atomic E-state index is 12.1. The molecule has 0 aliphatic carbocycles. The normalized spacial score (nSPS) is 12.9. The van der Waals surface area contributed by atoms with E-state index in [1.807, 2.05) is 13.0 Å². The number of carbonyl (C=O) groups is 2. The lowest BCUT2D eigenvalue weighted by Crippen LogP contribution is -2.34. The zero-order chi connectivity index (χ0) is 14.8. The van der Waals surface area contributed by atoms with Crippen molar-refractivity contribution in [2.24, 2.45) is 11.3 Å². The molecule has 1 aromatic rings. The Balaban J connectivity index is 2.85. The molecule has 1 aromatic carbocycles. The smallest absolute Gasteiger partial charge is 0.234 e. The van der Waals surface area contributed by atoms with Crippen LogP contribution in [0.5, 0.6) is 0 Å². The van der Waals surface area contributed by atoms with Crippen molar-refractivity contribution in [2.75, 3.05) is 5.32 Å². The molecule has 0 spiro atoms. The highest BCUT2D eigenvalue weighted by Crippen LogP contribution is 2.25. The number of benzene rings is 1. The van der Waals surface area contributed by atoms with Crippen LogP contribution in [0.25, 0.3) is 0 Å². The molecule has 0 aliphatic rings. The third-order valence-electron chi connectivity index (χ3n) is 2.91. The van der Waals surface area contributed by atoms with E-state index in [4.69, 9.17) is 11.6 Å². The third kappa shape index (κ3) is 4.06. The van der Waals surface area contributed by atoms with Gasteiger partial charge in [0.2, 0.25) is 5.91 Å². The summed E-state index contributed by atoms with van der Waals surface area (Å²) in [6.07, 6.45) is 0. The van der Waals surface area contributed by atoms with Crippen LogP contribution in [0.1, 0.15) is 33.3 Å². The lowest BCUT2D eigenvalue weighted by atomic mass is 9.83. The summed E-state index contributed by atoms with van der Waals surface area (Å²) in [6, 6.07) is 5.37. The lowest BCUT2D eigenvalue weighted by Gasteiger charge is -2.21. The first-order valence-electron chi connectivity index (χ1n) is 6.24. The second-order valence-corrected chi connectivity index (χ2v) is 6.22. The number of rotatable bonds is 3. The van der Waals surface area contributed by atoms with Gasteiger partial charge >= 0.3 is 0 Å². The van der Waals surface area contributed by atoms with Gasteiger partial charge in [0.25, 0.3) is 0 Å². The predicted octanol–water partition coefficient (Wildman–Crippen LogP) is 3.84. The van der Waals surface area contributed by atoms with Gasteiger partial charge in [-0.3, -0.25) is 9.59 Å². The molecule has 1 N–H and O–H groups in total. The number of aryl methyl sites for hydroxylation is 1. The Hall–Kier alpha value is -1.35. The Morgan fingerprint density at radius 1 is 1.26 bits per heavy atom. The maximum Gasteiger partial charge on any atom is 0.234 e. The molecule has 104 valence electrons. The molecule has 0 heterocycles. The largest absolute Gasteiger partial charge is 0.324 e. The topological polar surface area (TPSA) is 46.2 Å². The van der Waals surface area contributed by atoms with Crippen LogP contribution >= 0.6 is 11.6 Å². The van der Waals surface area contributed by atoms with Gasteiger partial charge in [-0.25, -0.2) is 0 Å². The molecule has 4 heteroatoms. The molecule has 0 saturated carbocycles. The standard InChI is InChI=1S/C15H20ClNO2/c1-9-6-7-11(16)12(8-9)17-14(19)10(2)13(18)15(3,4)5/h6-8,10H,1-5H3,(H,17,19). The highest BCUT2D eigenvalue weighted by atomic mass is 35.5. The van der Waals surface area contributed by atoms with E-state index in [0.717, 1.165) is 5.56 Å². The Labute approximate surface area is 119 Å². The quantitative estimate of drug-likeness (QED) is 0.856. The van der Waals surface area contributed by atoms with E-state index >= 15 is 0 Å². The minimum absolute atomic E-state index is 0.0891. The maximum atomic E-state index is 12.1. The number of hydrogen-bond acceptors (Lipinski definition) is 2. The van der Waals surface area contributed by atoms with Crippen LogP contribution in [0.3, 0.4) is 0 Å². The van der Waals surface area contributed by atoms with Crippen molar-refractivity contribution in [1.82, 2.24) is 0 Å². The number of amides is 1. The highest BCUT2D eigenvalue weighted by Gasteiger charge is 2.31. The van der Waals surface area contributed by atoms with Crippen molar-refractivity contribution in [1.29, 1.82) is 0 Å². The van der Waals surface area contributed by atoms with E-state index in [-0.39, 0.29) is 11.7 Å². The average Bonchev–Trinajstić information content (AvgIpc) is 2.30. The van der Waals surface area contributed by atoms with Gasteiger partial charge in [-0.1, -0.05) is 38.4 Å². The summed E-state index contributed by atoms with van der Waals surface area (Å²) in [5, 5.41) is 3.18. The van der Waals surface area contributed by atoms with Crippen molar-refractivity contribution in [3.63, 3.8) is 0 Å². The summed E-state index contributed by atoms with van der Waals surface area (Å²) in [7, 11) is 0. The third-order valence-corrected chi connectivity index (χ3v) is 3.24. The first-order chi connectivity index (χ1) is 8.62. The Morgan fingerprint density at radius 2 is 1.84 bits per heavy atom. The minimum atomic E-state index is -0.698. The predicted molar refractivity (Wildman–Crippen MR) is 78.4 cm³/mol. The fraction of sp³-hybridized carbons (Fsp3) is 0.467. The molecule has 1 amide bonds. The number of carbonyl (C=O) groups excluding carboxylic acids is 2. The molecular weight excluding hydrogens is 262 g/mol. The molecule has 0 fully saturated rings. The van der Waals surface area contributed by atoms with Crippen molar-refractivity contribution in [3.05, 3.63) is 28.8 Å². The molecule has 19 heavy (non-hydrogen) atoms. The molecule has 3 nitrogen and oxygen atoms in total. The van der Waals surface area contributed by atoms with Crippen LogP contribution in [-0.2, 0) is 9.59 Å². The number of nitrogens with one attached hydrogen (secondary N) is 1. The van der Waals surface area contributed by atoms with E-state index in [0.29, 0.717) is 10.7 Å². The summed E-state index contributed by atoms with van der Waals surface area (Å²) in [6.45, 7) is 8.94. The fourth-order valence-corrected chi connectivity index (χ4v) is 1.91. The second kappa shape index (κ2) is 5.74. The number of Topliss-reactive ketones (excluding diaryl/α,β-unsaturated/α-hetero) is 1. The van der Waals surface area contributed by atoms with Crippen molar-refractivity contribution < 1.29 is 9.59 Å². The number of hydrogen-bond donors (Lipinski definition) is 1. The van der Waals surface area contributed by atoms with Crippen LogP contribution in [0.15, 0.2) is 18.2 Å². The molecule has 0 radical (unpaired) electrons. The number of ketones is 1. The van der Waals surface area contributed by atoms with E-state index in [2.05, 4.69) is 5.32 Å². The Kier molecular flexibility index (Phi) is 4.75. The molecule has 1 unspecified atom stereocenters. The Morgan fingerprint density at radius 3 is 2.37 bits per heavy atom. The van der Waals surface area contributed by atoms with Crippen molar-refractivity contribution >= 4 is 29.0 Å².